The quantitative estimate of drug-likeness (QED) is 0.804. The van der Waals surface area contributed by atoms with E-state index in [1.54, 1.807) is 31.3 Å². The average molecular weight is 337 g/mol. The second-order valence-electron chi connectivity index (χ2n) is 5.60. The summed E-state index contributed by atoms with van der Waals surface area (Å²) in [6.07, 6.45) is -4.42. The van der Waals surface area contributed by atoms with Gasteiger partial charge in [0, 0.05) is 24.4 Å². The van der Waals surface area contributed by atoms with E-state index < -0.39 is 17.6 Å². The molecule has 0 aromatic heterocycles. The maximum absolute atomic E-state index is 12.6. The molecule has 0 heterocycles. The lowest BCUT2D eigenvalue weighted by molar-refractivity contribution is -0.137. The standard InChI is InChI=1S/C18H18F3NO2/c1-12(2)24-16-6-4-5-15(11-16)22(3)17(23)13-7-9-14(10-8-13)18(19,20)21/h4-12H,1-3H3. The van der Waals surface area contributed by atoms with Crippen LogP contribution in [0.5, 0.6) is 5.75 Å². The van der Waals surface area contributed by atoms with Crippen molar-refractivity contribution in [1.82, 2.24) is 0 Å². The number of carbonyl (C=O) groups excluding carboxylic acids is 1. The molecule has 24 heavy (non-hydrogen) atoms. The fraction of sp³-hybridized carbons (Fsp3) is 0.278. The van der Waals surface area contributed by atoms with Crippen LogP contribution in [0.25, 0.3) is 0 Å². The molecule has 1 amide bonds. The second-order valence-corrected chi connectivity index (χ2v) is 5.60. The number of halogens is 3. The van der Waals surface area contributed by atoms with Crippen molar-refractivity contribution in [1.29, 1.82) is 0 Å². The minimum absolute atomic E-state index is 0.00355. The number of rotatable bonds is 4. The Hall–Kier alpha value is -2.50. The maximum Gasteiger partial charge on any atom is 0.416 e. The number of nitrogens with zero attached hydrogens (tertiary/aromatic N) is 1. The summed E-state index contributed by atoms with van der Waals surface area (Å²) in [6, 6.07) is 11.1. The van der Waals surface area contributed by atoms with Gasteiger partial charge in [0.2, 0.25) is 0 Å². The SMILES string of the molecule is CC(C)Oc1cccc(N(C)C(=O)c2ccc(C(F)(F)F)cc2)c1. The first kappa shape index (κ1) is 17.8. The number of amides is 1. The first-order chi connectivity index (χ1) is 11.2. The number of carbonyl (C=O) groups is 1. The van der Waals surface area contributed by atoms with Gasteiger partial charge in [-0.05, 0) is 50.2 Å². The highest BCUT2D eigenvalue weighted by atomic mass is 19.4. The summed E-state index contributed by atoms with van der Waals surface area (Å²) in [5, 5.41) is 0. The van der Waals surface area contributed by atoms with Crippen LogP contribution in [0, 0.1) is 0 Å². The second kappa shape index (κ2) is 6.95. The highest BCUT2D eigenvalue weighted by Gasteiger charge is 2.30. The molecule has 2 rings (SSSR count). The van der Waals surface area contributed by atoms with Gasteiger partial charge in [-0.25, -0.2) is 0 Å². The molecule has 128 valence electrons. The summed E-state index contributed by atoms with van der Waals surface area (Å²) >= 11 is 0. The normalized spacial score (nSPS) is 11.5. The van der Waals surface area contributed by atoms with Gasteiger partial charge in [0.15, 0.2) is 0 Å². The first-order valence-electron chi connectivity index (χ1n) is 7.40. The van der Waals surface area contributed by atoms with E-state index in [1.807, 2.05) is 13.8 Å². The lowest BCUT2D eigenvalue weighted by Crippen LogP contribution is -2.26. The third-order valence-electron chi connectivity index (χ3n) is 3.34. The van der Waals surface area contributed by atoms with Crippen LogP contribution in [0.3, 0.4) is 0 Å². The van der Waals surface area contributed by atoms with E-state index in [0.717, 1.165) is 12.1 Å². The molecule has 0 spiro atoms. The minimum atomic E-state index is -4.42. The van der Waals surface area contributed by atoms with Gasteiger partial charge in [-0.1, -0.05) is 6.07 Å². The molecule has 0 unspecified atom stereocenters. The summed E-state index contributed by atoms with van der Waals surface area (Å²) in [5.41, 5.74) is -0.00670. The Kier molecular flexibility index (Phi) is 5.17. The van der Waals surface area contributed by atoms with Gasteiger partial charge in [-0.2, -0.15) is 13.2 Å². The molecule has 2 aromatic carbocycles. The van der Waals surface area contributed by atoms with E-state index in [0.29, 0.717) is 11.4 Å². The van der Waals surface area contributed by atoms with E-state index in [2.05, 4.69) is 0 Å². The molecule has 0 aliphatic heterocycles. The van der Waals surface area contributed by atoms with Crippen molar-refractivity contribution in [3.63, 3.8) is 0 Å². The van der Waals surface area contributed by atoms with Crippen molar-refractivity contribution in [2.24, 2.45) is 0 Å². The molecular weight excluding hydrogens is 319 g/mol. The zero-order valence-corrected chi connectivity index (χ0v) is 13.6. The van der Waals surface area contributed by atoms with Gasteiger partial charge < -0.3 is 9.64 Å². The third kappa shape index (κ3) is 4.28. The Morgan fingerprint density at radius 2 is 1.71 bits per heavy atom. The van der Waals surface area contributed by atoms with Gasteiger partial charge in [-0.15, -0.1) is 0 Å². The van der Waals surface area contributed by atoms with Crippen LogP contribution in [0.4, 0.5) is 18.9 Å². The molecule has 0 N–H and O–H groups in total. The number of hydrogen-bond donors (Lipinski definition) is 0. The number of benzene rings is 2. The smallest absolute Gasteiger partial charge is 0.416 e. The Labute approximate surface area is 138 Å². The summed E-state index contributed by atoms with van der Waals surface area (Å²) in [7, 11) is 1.56. The van der Waals surface area contributed by atoms with Gasteiger partial charge >= 0.3 is 6.18 Å². The maximum atomic E-state index is 12.6. The summed E-state index contributed by atoms with van der Waals surface area (Å²) < 4.78 is 43.3. The molecule has 6 heteroatoms. The lowest BCUT2D eigenvalue weighted by Gasteiger charge is -2.19. The van der Waals surface area contributed by atoms with Crippen molar-refractivity contribution >= 4 is 11.6 Å². The monoisotopic (exact) mass is 337 g/mol. The highest BCUT2D eigenvalue weighted by molar-refractivity contribution is 6.05. The summed E-state index contributed by atoms with van der Waals surface area (Å²) in [5.74, 6) is 0.222. The van der Waals surface area contributed by atoms with E-state index in [9.17, 15) is 18.0 Å². The van der Waals surface area contributed by atoms with E-state index in [1.165, 1.54) is 17.0 Å². The van der Waals surface area contributed by atoms with E-state index >= 15 is 0 Å². The lowest BCUT2D eigenvalue weighted by atomic mass is 10.1. The molecule has 3 nitrogen and oxygen atoms in total. The first-order valence-corrected chi connectivity index (χ1v) is 7.40. The Balaban J connectivity index is 2.20. The molecule has 0 aliphatic carbocycles. The molecular formula is C18H18F3NO2. The number of alkyl halides is 3. The molecule has 2 aromatic rings. The van der Waals surface area contributed by atoms with Gasteiger partial charge in [0.05, 0.1) is 11.7 Å². The number of ether oxygens (including phenoxy) is 1. The molecule has 0 fully saturated rings. The van der Waals surface area contributed by atoms with Gasteiger partial charge in [0.1, 0.15) is 5.75 Å². The third-order valence-corrected chi connectivity index (χ3v) is 3.34. The molecule has 0 saturated heterocycles. The van der Waals surface area contributed by atoms with Crippen LogP contribution in [-0.2, 0) is 6.18 Å². The molecule has 0 aliphatic rings. The van der Waals surface area contributed by atoms with Crippen molar-refractivity contribution in [2.75, 3.05) is 11.9 Å². The fourth-order valence-corrected chi connectivity index (χ4v) is 2.15. The Morgan fingerprint density at radius 1 is 1.08 bits per heavy atom. The minimum Gasteiger partial charge on any atom is -0.491 e. The summed E-state index contributed by atoms with van der Waals surface area (Å²) in [6.45, 7) is 3.79. The largest absolute Gasteiger partial charge is 0.491 e. The van der Waals surface area contributed by atoms with Crippen molar-refractivity contribution < 1.29 is 22.7 Å². The van der Waals surface area contributed by atoms with Crippen LogP contribution in [0.1, 0.15) is 29.8 Å². The predicted molar refractivity (Wildman–Crippen MR) is 86.4 cm³/mol. The predicted octanol–water partition coefficient (Wildman–Crippen LogP) is 4.77. The van der Waals surface area contributed by atoms with Gasteiger partial charge in [-0.3, -0.25) is 4.79 Å². The summed E-state index contributed by atoms with van der Waals surface area (Å²) in [4.78, 5) is 13.8. The zero-order chi connectivity index (χ0) is 17.9. The van der Waals surface area contributed by atoms with Crippen molar-refractivity contribution in [3.05, 3.63) is 59.7 Å². The van der Waals surface area contributed by atoms with Crippen LogP contribution in [0.15, 0.2) is 48.5 Å². The van der Waals surface area contributed by atoms with Gasteiger partial charge in [0.25, 0.3) is 5.91 Å². The van der Waals surface area contributed by atoms with Crippen LogP contribution >= 0.6 is 0 Å². The van der Waals surface area contributed by atoms with E-state index in [-0.39, 0.29) is 11.7 Å². The molecule has 0 bridgehead atoms. The molecule has 0 atom stereocenters. The Morgan fingerprint density at radius 3 is 2.25 bits per heavy atom. The molecule has 0 radical (unpaired) electrons. The van der Waals surface area contributed by atoms with Crippen LogP contribution < -0.4 is 9.64 Å². The average Bonchev–Trinajstić information content (AvgIpc) is 2.52. The van der Waals surface area contributed by atoms with Crippen LogP contribution in [0.2, 0.25) is 0 Å². The number of anilines is 1. The zero-order valence-electron chi connectivity index (χ0n) is 13.6. The molecule has 0 saturated carbocycles. The van der Waals surface area contributed by atoms with E-state index in [4.69, 9.17) is 4.74 Å². The topological polar surface area (TPSA) is 29.5 Å². The Bertz CT molecular complexity index is 709. The highest BCUT2D eigenvalue weighted by Crippen LogP contribution is 2.29. The number of hydrogen-bond acceptors (Lipinski definition) is 2. The fourth-order valence-electron chi connectivity index (χ4n) is 2.15. The van der Waals surface area contributed by atoms with Crippen LogP contribution in [-0.4, -0.2) is 19.1 Å². The van der Waals surface area contributed by atoms with Crippen molar-refractivity contribution in [2.45, 2.75) is 26.1 Å². The van der Waals surface area contributed by atoms with Crippen molar-refractivity contribution in [3.8, 4) is 5.75 Å².